The van der Waals surface area contributed by atoms with Crippen LogP contribution in [0.1, 0.15) is 89.0 Å². The van der Waals surface area contributed by atoms with Crippen molar-refractivity contribution in [2.75, 3.05) is 0 Å². The van der Waals surface area contributed by atoms with Crippen LogP contribution in [0.25, 0.3) is 129 Å². The van der Waals surface area contributed by atoms with Crippen LogP contribution in [-0.4, -0.2) is 0 Å². The average Bonchev–Trinajstić information content (AvgIpc) is 3.57. The van der Waals surface area contributed by atoms with E-state index in [-0.39, 0.29) is 0 Å². The highest BCUT2D eigenvalue weighted by atomic mass is 14.2. The maximum Gasteiger partial charge on any atom is -0.00187 e. The highest BCUT2D eigenvalue weighted by Gasteiger charge is 2.19. The molecule has 0 unspecified atom stereocenters. The molecule has 16 rings (SSSR count). The standard InChI is InChI=1S/4C20H18/c1-11-6-8-16-13(3)9-15-7-5-12(2)18-14(4)10-17(11)20(16)19(15)18;1-11-5-7-15-9-13(3)16-8-6-12(2)18-14(4)10-17(11)19(15)20(16)18;1-11-5-7-15-9-10-16-8-6-12(2)18-14(4)13(3)17(11)19(15)20(16)18;1-11-5-6-15-7-8-16-12(2)9-13(3)17-10-14(4)18(11)19(15)20(16)17/h4*5-10H,1-4H3. The van der Waals surface area contributed by atoms with Gasteiger partial charge in [0.15, 0.2) is 0 Å². The van der Waals surface area contributed by atoms with Crippen LogP contribution in [-0.2, 0) is 0 Å². The minimum atomic E-state index is 1.36. The van der Waals surface area contributed by atoms with Gasteiger partial charge in [-0.2, -0.15) is 0 Å². The number of rotatable bonds is 0. The molecular formula is C80H72. The van der Waals surface area contributed by atoms with Gasteiger partial charge in [-0.3, -0.25) is 0 Å². The monoisotopic (exact) mass is 1030 g/mol. The molecule has 0 saturated carbocycles. The van der Waals surface area contributed by atoms with Crippen LogP contribution < -0.4 is 0 Å². The zero-order chi connectivity index (χ0) is 56.1. The molecule has 0 N–H and O–H groups in total. The van der Waals surface area contributed by atoms with E-state index in [1.54, 1.807) is 0 Å². The van der Waals surface area contributed by atoms with E-state index < -0.39 is 0 Å². The topological polar surface area (TPSA) is 0 Å². The molecule has 0 fully saturated rings. The average molecular weight is 1030 g/mol. The Labute approximate surface area is 472 Å². The quantitative estimate of drug-likeness (QED) is 0.133. The lowest BCUT2D eigenvalue weighted by Gasteiger charge is -2.19. The van der Waals surface area contributed by atoms with Crippen molar-refractivity contribution in [2.45, 2.75) is 111 Å². The third-order valence-electron chi connectivity index (χ3n) is 19.0. The van der Waals surface area contributed by atoms with Gasteiger partial charge in [0, 0.05) is 0 Å². The van der Waals surface area contributed by atoms with Crippen LogP contribution in [0, 0.1) is 111 Å². The summed E-state index contributed by atoms with van der Waals surface area (Å²) in [5, 5.41) is 34.0. The van der Waals surface area contributed by atoms with E-state index in [0.29, 0.717) is 0 Å². The summed E-state index contributed by atoms with van der Waals surface area (Å²) in [6, 6.07) is 54.8. The molecule has 392 valence electrons. The van der Waals surface area contributed by atoms with Crippen LogP contribution in [0.2, 0.25) is 0 Å². The summed E-state index contributed by atoms with van der Waals surface area (Å²) < 4.78 is 0. The SMILES string of the molecule is Cc1cc(C)c2cc(C)c3c(C)ccc4ccc1c2c43.Cc1cc2ccc(C)c3c(C)cc4c(C)ccc1c4c23.Cc1ccc2cc(C)c3ccc(C)c4c(C)cc1c2c34.Cc1ccc2ccc3ccc(C)c4c(C)c(C)c1c2c34. The van der Waals surface area contributed by atoms with Crippen molar-refractivity contribution < 1.29 is 0 Å². The van der Waals surface area contributed by atoms with E-state index in [2.05, 4.69) is 256 Å². The third-order valence-corrected chi connectivity index (χ3v) is 19.0. The molecule has 16 aromatic rings. The highest BCUT2D eigenvalue weighted by Crippen LogP contribution is 2.45. The number of hydrogen-bond donors (Lipinski definition) is 0. The summed E-state index contributed by atoms with van der Waals surface area (Å²) in [4.78, 5) is 0. The summed E-state index contributed by atoms with van der Waals surface area (Å²) in [6.45, 7) is 35.7. The van der Waals surface area contributed by atoms with E-state index in [9.17, 15) is 0 Å². The normalized spacial score (nSPS) is 12.0. The second kappa shape index (κ2) is 18.6. The van der Waals surface area contributed by atoms with E-state index in [1.807, 2.05) is 0 Å². The summed E-state index contributed by atoms with van der Waals surface area (Å²) >= 11 is 0. The summed E-state index contributed by atoms with van der Waals surface area (Å²) in [7, 11) is 0. The summed E-state index contributed by atoms with van der Waals surface area (Å²) in [5.74, 6) is 0. The lowest BCUT2D eigenvalue weighted by Crippen LogP contribution is -1.95. The second-order valence-electron chi connectivity index (χ2n) is 24.3. The predicted molar refractivity (Wildman–Crippen MR) is 356 cm³/mol. The molecule has 0 aliphatic rings. The molecule has 0 atom stereocenters. The van der Waals surface area contributed by atoms with Gasteiger partial charge in [-0.1, -0.05) is 146 Å². The Morgan fingerprint density at radius 1 is 0.138 bits per heavy atom. The second-order valence-corrected chi connectivity index (χ2v) is 24.3. The predicted octanol–water partition coefficient (Wildman–Crippen LogP) is 23.3. The molecule has 0 saturated heterocycles. The third kappa shape index (κ3) is 7.55. The molecular weight excluding hydrogens is 961 g/mol. The fourth-order valence-electron chi connectivity index (χ4n) is 15.0. The van der Waals surface area contributed by atoms with E-state index in [0.717, 1.165) is 0 Å². The van der Waals surface area contributed by atoms with Gasteiger partial charge in [-0.15, -0.1) is 0 Å². The van der Waals surface area contributed by atoms with Crippen molar-refractivity contribution in [3.63, 3.8) is 0 Å². The van der Waals surface area contributed by atoms with Crippen LogP contribution in [0.4, 0.5) is 0 Å². The minimum Gasteiger partial charge on any atom is -0.0581 e. The molecule has 0 radical (unpaired) electrons. The Morgan fingerprint density at radius 3 is 0.875 bits per heavy atom. The Bertz CT molecular complexity index is 5050. The van der Waals surface area contributed by atoms with Gasteiger partial charge in [0.25, 0.3) is 0 Å². The van der Waals surface area contributed by atoms with Crippen molar-refractivity contribution in [3.05, 3.63) is 235 Å². The van der Waals surface area contributed by atoms with E-state index >= 15 is 0 Å². The Balaban J connectivity index is 0.000000101. The first-order valence-electron chi connectivity index (χ1n) is 28.9. The lowest BCUT2D eigenvalue weighted by atomic mass is 9.85. The maximum atomic E-state index is 2.37. The van der Waals surface area contributed by atoms with Crippen molar-refractivity contribution in [1.82, 2.24) is 0 Å². The molecule has 0 bridgehead atoms. The molecule has 0 nitrogen and oxygen atoms in total. The van der Waals surface area contributed by atoms with Gasteiger partial charge in [-0.25, -0.2) is 0 Å². The smallest absolute Gasteiger partial charge is 0.00187 e. The summed E-state index contributed by atoms with van der Waals surface area (Å²) in [5.41, 5.74) is 22.2. The van der Waals surface area contributed by atoms with E-state index in [4.69, 9.17) is 0 Å². The molecule has 0 heterocycles. The largest absolute Gasteiger partial charge is 0.0581 e. The fraction of sp³-hybridized carbons (Fsp3) is 0.200. The van der Waals surface area contributed by atoms with E-state index in [1.165, 1.54) is 218 Å². The molecule has 0 spiro atoms. The molecule has 0 heteroatoms. The zero-order valence-corrected chi connectivity index (χ0v) is 49.9. The van der Waals surface area contributed by atoms with Crippen molar-refractivity contribution >= 4 is 129 Å². The highest BCUT2D eigenvalue weighted by molar-refractivity contribution is 6.29. The first-order chi connectivity index (χ1) is 38.3. The lowest BCUT2D eigenvalue weighted by molar-refractivity contribution is 1.38. The van der Waals surface area contributed by atoms with Gasteiger partial charge < -0.3 is 0 Å². The van der Waals surface area contributed by atoms with Crippen LogP contribution in [0.15, 0.2) is 146 Å². The van der Waals surface area contributed by atoms with Gasteiger partial charge in [0.1, 0.15) is 0 Å². The van der Waals surface area contributed by atoms with Crippen molar-refractivity contribution in [2.24, 2.45) is 0 Å². The first kappa shape index (κ1) is 51.1. The van der Waals surface area contributed by atoms with Crippen LogP contribution in [0.3, 0.4) is 0 Å². The molecule has 0 amide bonds. The van der Waals surface area contributed by atoms with Crippen LogP contribution in [0.5, 0.6) is 0 Å². The number of benzene rings is 16. The maximum absolute atomic E-state index is 2.37. The van der Waals surface area contributed by atoms with Gasteiger partial charge >= 0.3 is 0 Å². The van der Waals surface area contributed by atoms with Gasteiger partial charge in [0.05, 0.1) is 0 Å². The Morgan fingerprint density at radius 2 is 0.400 bits per heavy atom. The molecule has 0 aliphatic carbocycles. The fourth-order valence-corrected chi connectivity index (χ4v) is 15.0. The molecule has 0 aliphatic heterocycles. The minimum absolute atomic E-state index is 1.36. The number of hydrogen-bond acceptors (Lipinski definition) is 0. The first-order valence-corrected chi connectivity index (χ1v) is 28.9. The van der Waals surface area contributed by atoms with Crippen LogP contribution >= 0.6 is 0 Å². The summed E-state index contributed by atoms with van der Waals surface area (Å²) in [6.07, 6.45) is 0. The molecule has 80 heavy (non-hydrogen) atoms. The Hall–Kier alpha value is -8.32. The zero-order valence-electron chi connectivity index (χ0n) is 49.9. The number of aryl methyl sites for hydroxylation is 16. The van der Waals surface area contributed by atoms with Crippen molar-refractivity contribution in [1.29, 1.82) is 0 Å². The molecule has 0 aromatic heterocycles. The Kier molecular flexibility index (Phi) is 11.9. The molecule has 16 aromatic carbocycles. The van der Waals surface area contributed by atoms with Crippen molar-refractivity contribution in [3.8, 4) is 0 Å². The van der Waals surface area contributed by atoms with Gasteiger partial charge in [0.2, 0.25) is 0 Å². The van der Waals surface area contributed by atoms with Gasteiger partial charge in [-0.05, 0) is 329 Å².